The maximum Gasteiger partial charge on any atom is 0.573 e. The number of carbonyl (C=O) groups is 2. The molecule has 0 bridgehead atoms. The summed E-state index contributed by atoms with van der Waals surface area (Å²) in [5.41, 5.74) is -0.251. The second-order valence-corrected chi connectivity index (χ2v) is 6.00. The van der Waals surface area contributed by atoms with E-state index in [1.165, 1.54) is 30.3 Å². The third kappa shape index (κ3) is 3.97. The molecule has 1 atom stereocenters. The SMILES string of the molecule is O=C1N[C@@H](c2ccccc2OC(F)(F)F)C(=O)N1Cc1c(F)cccc1Cl. The Bertz CT molecular complexity index is 884. The van der Waals surface area contributed by atoms with Gasteiger partial charge in [-0.15, -0.1) is 13.2 Å². The summed E-state index contributed by atoms with van der Waals surface area (Å²) >= 11 is 5.90. The number of nitrogens with one attached hydrogen (secondary N) is 1. The summed E-state index contributed by atoms with van der Waals surface area (Å²) in [6.45, 7) is -0.463. The molecule has 1 fully saturated rings. The van der Waals surface area contributed by atoms with Crippen LogP contribution in [-0.2, 0) is 11.3 Å². The lowest BCUT2D eigenvalue weighted by Gasteiger charge is -2.17. The van der Waals surface area contributed by atoms with E-state index in [0.717, 1.165) is 12.1 Å². The Morgan fingerprint density at radius 3 is 2.48 bits per heavy atom. The number of nitrogens with zero attached hydrogens (tertiary/aromatic N) is 1. The Morgan fingerprint density at radius 1 is 1.11 bits per heavy atom. The zero-order chi connectivity index (χ0) is 19.8. The summed E-state index contributed by atoms with van der Waals surface area (Å²) in [7, 11) is 0. The zero-order valence-electron chi connectivity index (χ0n) is 13.4. The molecule has 1 saturated heterocycles. The molecule has 2 aromatic rings. The molecule has 142 valence electrons. The predicted octanol–water partition coefficient (Wildman–Crippen LogP) is 4.17. The number of hydrogen-bond donors (Lipinski definition) is 1. The van der Waals surface area contributed by atoms with Gasteiger partial charge in [0.05, 0.1) is 6.54 Å². The van der Waals surface area contributed by atoms with Crippen LogP contribution in [0.5, 0.6) is 5.75 Å². The number of halogens is 5. The van der Waals surface area contributed by atoms with Gasteiger partial charge in [-0.1, -0.05) is 35.9 Å². The molecule has 1 aliphatic rings. The fraction of sp³-hybridized carbons (Fsp3) is 0.176. The molecule has 1 heterocycles. The van der Waals surface area contributed by atoms with Gasteiger partial charge in [-0.05, 0) is 18.2 Å². The van der Waals surface area contributed by atoms with Gasteiger partial charge in [0.1, 0.15) is 17.6 Å². The number of rotatable bonds is 4. The van der Waals surface area contributed by atoms with Gasteiger partial charge >= 0.3 is 12.4 Å². The number of amides is 3. The maximum absolute atomic E-state index is 13.9. The lowest BCUT2D eigenvalue weighted by molar-refractivity contribution is -0.275. The van der Waals surface area contributed by atoms with Crippen molar-refractivity contribution in [2.75, 3.05) is 0 Å². The van der Waals surface area contributed by atoms with Gasteiger partial charge in [0.2, 0.25) is 0 Å². The first-order chi connectivity index (χ1) is 12.7. The minimum Gasteiger partial charge on any atom is -0.405 e. The van der Waals surface area contributed by atoms with Crippen LogP contribution in [0.15, 0.2) is 42.5 Å². The topological polar surface area (TPSA) is 58.6 Å². The van der Waals surface area contributed by atoms with Gasteiger partial charge in [-0.3, -0.25) is 9.69 Å². The minimum absolute atomic E-state index is 0.0138. The van der Waals surface area contributed by atoms with Crippen molar-refractivity contribution in [2.24, 2.45) is 0 Å². The standard InChI is InChI=1S/C17H11ClF4N2O3/c18-11-5-3-6-12(19)10(11)8-24-15(25)14(23-16(24)26)9-4-1-2-7-13(9)27-17(20,21)22/h1-7,14H,8H2,(H,23,26)/t14-/m0/s1. The number of ether oxygens (including phenoxy) is 1. The number of carbonyl (C=O) groups excluding carboxylic acids is 2. The number of urea groups is 1. The van der Waals surface area contributed by atoms with Gasteiger partial charge in [-0.25, -0.2) is 9.18 Å². The molecule has 1 aliphatic heterocycles. The molecule has 5 nitrogen and oxygen atoms in total. The third-order valence-electron chi connectivity index (χ3n) is 3.86. The van der Waals surface area contributed by atoms with E-state index in [1.807, 2.05) is 0 Å². The van der Waals surface area contributed by atoms with Crippen LogP contribution in [0.2, 0.25) is 5.02 Å². The van der Waals surface area contributed by atoms with E-state index < -0.39 is 42.5 Å². The van der Waals surface area contributed by atoms with Gasteiger partial charge in [-0.2, -0.15) is 0 Å². The Kier molecular flexibility index (Phi) is 4.97. The molecule has 0 spiro atoms. The highest BCUT2D eigenvalue weighted by Gasteiger charge is 2.42. The highest BCUT2D eigenvalue weighted by atomic mass is 35.5. The second-order valence-electron chi connectivity index (χ2n) is 5.59. The van der Waals surface area contributed by atoms with Crippen LogP contribution in [0.1, 0.15) is 17.2 Å². The molecule has 0 saturated carbocycles. The molecule has 2 aromatic carbocycles. The van der Waals surface area contributed by atoms with Crippen molar-refractivity contribution in [2.45, 2.75) is 18.9 Å². The summed E-state index contributed by atoms with van der Waals surface area (Å²) in [6, 6.07) is 6.53. The molecule has 27 heavy (non-hydrogen) atoms. The molecule has 3 rings (SSSR count). The van der Waals surface area contributed by atoms with Crippen molar-refractivity contribution < 1.29 is 31.9 Å². The van der Waals surface area contributed by atoms with Crippen LogP contribution in [0, 0.1) is 5.82 Å². The maximum atomic E-state index is 13.9. The van der Waals surface area contributed by atoms with Crippen molar-refractivity contribution in [1.82, 2.24) is 10.2 Å². The van der Waals surface area contributed by atoms with E-state index in [0.29, 0.717) is 4.90 Å². The fourth-order valence-corrected chi connectivity index (χ4v) is 2.88. The van der Waals surface area contributed by atoms with Gasteiger partial charge in [0.15, 0.2) is 0 Å². The quantitative estimate of drug-likeness (QED) is 0.617. The molecular formula is C17H11ClF4N2O3. The van der Waals surface area contributed by atoms with Crippen LogP contribution in [-0.4, -0.2) is 23.2 Å². The average molecular weight is 403 g/mol. The summed E-state index contributed by atoms with van der Waals surface area (Å²) in [4.78, 5) is 25.4. The molecule has 1 N–H and O–H groups in total. The van der Waals surface area contributed by atoms with E-state index in [9.17, 15) is 27.2 Å². The van der Waals surface area contributed by atoms with Gasteiger partial charge in [0, 0.05) is 16.1 Å². The summed E-state index contributed by atoms with van der Waals surface area (Å²) in [6.07, 6.45) is -4.97. The fourth-order valence-electron chi connectivity index (χ4n) is 2.66. The molecule has 0 radical (unpaired) electrons. The number of alkyl halides is 3. The van der Waals surface area contributed by atoms with Crippen molar-refractivity contribution in [1.29, 1.82) is 0 Å². The normalized spacial score (nSPS) is 17.2. The Balaban J connectivity index is 1.89. The van der Waals surface area contributed by atoms with E-state index >= 15 is 0 Å². The average Bonchev–Trinajstić information content (AvgIpc) is 2.85. The summed E-state index contributed by atoms with van der Waals surface area (Å²) in [5.74, 6) is -2.18. The first-order valence-electron chi connectivity index (χ1n) is 7.57. The minimum atomic E-state index is -4.97. The molecule has 0 unspecified atom stereocenters. The molecule has 0 aromatic heterocycles. The van der Waals surface area contributed by atoms with Crippen LogP contribution >= 0.6 is 11.6 Å². The van der Waals surface area contributed by atoms with Gasteiger partial charge in [0.25, 0.3) is 5.91 Å². The van der Waals surface area contributed by atoms with Crippen LogP contribution in [0.4, 0.5) is 22.4 Å². The lowest BCUT2D eigenvalue weighted by atomic mass is 10.1. The number of para-hydroxylation sites is 1. The lowest BCUT2D eigenvalue weighted by Crippen LogP contribution is -2.30. The summed E-state index contributed by atoms with van der Waals surface area (Å²) < 4.78 is 55.6. The summed E-state index contributed by atoms with van der Waals surface area (Å²) in [5, 5.41) is 2.29. The predicted molar refractivity (Wildman–Crippen MR) is 86.4 cm³/mol. The largest absolute Gasteiger partial charge is 0.573 e. The molecule has 10 heteroatoms. The number of imide groups is 1. The van der Waals surface area contributed by atoms with E-state index in [1.54, 1.807) is 0 Å². The first-order valence-corrected chi connectivity index (χ1v) is 7.94. The van der Waals surface area contributed by atoms with Crippen molar-refractivity contribution in [3.63, 3.8) is 0 Å². The first kappa shape index (κ1) is 19.0. The smallest absolute Gasteiger partial charge is 0.405 e. The highest BCUT2D eigenvalue weighted by Crippen LogP contribution is 2.34. The highest BCUT2D eigenvalue weighted by molar-refractivity contribution is 6.31. The Labute approximate surface area is 155 Å². The van der Waals surface area contributed by atoms with Crippen molar-refractivity contribution in [3.8, 4) is 5.75 Å². The Hall–Kier alpha value is -2.81. The van der Waals surface area contributed by atoms with Crippen LogP contribution in [0.3, 0.4) is 0 Å². The van der Waals surface area contributed by atoms with Crippen LogP contribution < -0.4 is 10.1 Å². The zero-order valence-corrected chi connectivity index (χ0v) is 14.1. The third-order valence-corrected chi connectivity index (χ3v) is 4.21. The van der Waals surface area contributed by atoms with Crippen molar-refractivity contribution in [3.05, 3.63) is 64.4 Å². The molecule has 0 aliphatic carbocycles. The monoisotopic (exact) mass is 402 g/mol. The number of benzene rings is 2. The Morgan fingerprint density at radius 2 is 1.81 bits per heavy atom. The molecule has 3 amide bonds. The van der Waals surface area contributed by atoms with Gasteiger partial charge < -0.3 is 10.1 Å². The van der Waals surface area contributed by atoms with Crippen molar-refractivity contribution >= 4 is 23.5 Å². The van der Waals surface area contributed by atoms with E-state index in [2.05, 4.69) is 10.1 Å². The van der Waals surface area contributed by atoms with E-state index in [-0.39, 0.29) is 16.1 Å². The van der Waals surface area contributed by atoms with Crippen LogP contribution in [0.25, 0.3) is 0 Å². The van der Waals surface area contributed by atoms with E-state index in [4.69, 9.17) is 11.6 Å². The number of hydrogen-bond acceptors (Lipinski definition) is 3. The second kappa shape index (κ2) is 7.07. The molecular weight excluding hydrogens is 392 g/mol.